The van der Waals surface area contributed by atoms with Crippen molar-refractivity contribution in [2.45, 2.75) is 12.7 Å². The molecule has 0 aliphatic heterocycles. The highest BCUT2D eigenvalue weighted by Gasteiger charge is 2.32. The van der Waals surface area contributed by atoms with Gasteiger partial charge in [0.1, 0.15) is 5.70 Å². The minimum Gasteiger partial charge on any atom is -0.398 e. The Hall–Kier alpha value is -4.07. The smallest absolute Gasteiger partial charge is 0.398 e. The highest BCUT2D eigenvalue weighted by atomic mass is 19.4. The number of nitrogens with one attached hydrogen (secondary N) is 2. The van der Waals surface area contributed by atoms with Crippen molar-refractivity contribution in [3.8, 4) is 0 Å². The van der Waals surface area contributed by atoms with Gasteiger partial charge < -0.3 is 16.4 Å². The second-order valence-electron chi connectivity index (χ2n) is 6.84. The van der Waals surface area contributed by atoms with Crippen LogP contribution in [0.4, 0.5) is 18.9 Å². The van der Waals surface area contributed by atoms with Crippen LogP contribution in [0.3, 0.4) is 0 Å². The monoisotopic (exact) mass is 439 g/mol. The summed E-state index contributed by atoms with van der Waals surface area (Å²) >= 11 is 0. The molecule has 0 aromatic heterocycles. The zero-order valence-electron chi connectivity index (χ0n) is 16.8. The third-order valence-corrected chi connectivity index (χ3v) is 4.59. The molecule has 0 saturated heterocycles. The first-order valence-electron chi connectivity index (χ1n) is 9.61. The lowest BCUT2D eigenvalue weighted by molar-refractivity contribution is -0.137. The number of rotatable bonds is 6. The maximum Gasteiger partial charge on any atom is 0.416 e. The second kappa shape index (κ2) is 9.82. The summed E-state index contributed by atoms with van der Waals surface area (Å²) in [5.41, 5.74) is 5.70. The van der Waals surface area contributed by atoms with Crippen molar-refractivity contribution in [2.75, 3.05) is 5.73 Å². The molecule has 3 aromatic rings. The Labute approximate surface area is 182 Å². The summed E-state index contributed by atoms with van der Waals surface area (Å²) in [4.78, 5) is 25.4. The summed E-state index contributed by atoms with van der Waals surface area (Å²) in [5.74, 6) is -1.38. The molecule has 0 saturated carbocycles. The van der Waals surface area contributed by atoms with Gasteiger partial charge >= 0.3 is 6.18 Å². The number of alkyl halides is 3. The molecule has 32 heavy (non-hydrogen) atoms. The van der Waals surface area contributed by atoms with Gasteiger partial charge in [-0.1, -0.05) is 54.6 Å². The third kappa shape index (κ3) is 5.75. The molecule has 164 valence electrons. The van der Waals surface area contributed by atoms with Crippen molar-refractivity contribution < 1.29 is 22.8 Å². The SMILES string of the molecule is Nc1ccccc1CNC(=O)C(=Cc1ccccc1C(F)(F)F)NC(=O)c1ccccc1. The molecule has 0 bridgehead atoms. The maximum atomic E-state index is 13.4. The zero-order chi connectivity index (χ0) is 23.1. The Kier molecular flexibility index (Phi) is 6.94. The minimum atomic E-state index is -4.63. The average molecular weight is 439 g/mol. The molecule has 3 aromatic carbocycles. The van der Waals surface area contributed by atoms with E-state index in [2.05, 4.69) is 10.6 Å². The second-order valence-corrected chi connectivity index (χ2v) is 6.84. The van der Waals surface area contributed by atoms with Gasteiger partial charge in [-0.25, -0.2) is 0 Å². The van der Waals surface area contributed by atoms with Crippen LogP contribution in [0, 0.1) is 0 Å². The molecule has 4 N–H and O–H groups in total. The Balaban J connectivity index is 1.92. The largest absolute Gasteiger partial charge is 0.416 e. The molecule has 3 rings (SSSR count). The van der Waals surface area contributed by atoms with Crippen LogP contribution in [-0.4, -0.2) is 11.8 Å². The van der Waals surface area contributed by atoms with Crippen molar-refractivity contribution in [1.29, 1.82) is 0 Å². The fraction of sp³-hybridized carbons (Fsp3) is 0.0833. The van der Waals surface area contributed by atoms with E-state index in [1.54, 1.807) is 42.5 Å². The van der Waals surface area contributed by atoms with Crippen molar-refractivity contribution in [3.05, 3.63) is 107 Å². The lowest BCUT2D eigenvalue weighted by Gasteiger charge is -2.14. The molecule has 0 fully saturated rings. The van der Waals surface area contributed by atoms with Gasteiger partial charge in [-0.2, -0.15) is 13.2 Å². The lowest BCUT2D eigenvalue weighted by Crippen LogP contribution is -2.34. The number of carbonyl (C=O) groups is 2. The highest BCUT2D eigenvalue weighted by molar-refractivity contribution is 6.05. The molecule has 2 amide bonds. The standard InChI is InChI=1S/C24H20F3N3O2/c25-24(26,27)19-12-6-4-10-17(19)14-21(30-22(31)16-8-2-1-3-9-16)23(32)29-15-18-11-5-7-13-20(18)28/h1-14H,15,28H2,(H,29,32)(H,30,31). The Morgan fingerprint density at radius 2 is 1.50 bits per heavy atom. The molecular weight excluding hydrogens is 419 g/mol. The van der Waals surface area contributed by atoms with E-state index >= 15 is 0 Å². The zero-order valence-corrected chi connectivity index (χ0v) is 16.8. The summed E-state index contributed by atoms with van der Waals surface area (Å²) in [7, 11) is 0. The number of nitrogen functional groups attached to an aromatic ring is 1. The first-order chi connectivity index (χ1) is 15.3. The van der Waals surface area contributed by atoms with Gasteiger partial charge in [0.25, 0.3) is 11.8 Å². The van der Waals surface area contributed by atoms with E-state index < -0.39 is 23.6 Å². The Bertz CT molecular complexity index is 1140. The summed E-state index contributed by atoms with van der Waals surface area (Å²) in [5, 5.41) is 5.01. The molecule has 0 atom stereocenters. The Morgan fingerprint density at radius 1 is 0.875 bits per heavy atom. The molecule has 0 heterocycles. The molecule has 0 aliphatic carbocycles. The number of amides is 2. The number of hydrogen-bond donors (Lipinski definition) is 3. The summed E-state index contributed by atoms with van der Waals surface area (Å²) < 4.78 is 40.2. The summed E-state index contributed by atoms with van der Waals surface area (Å²) in [6, 6.07) is 19.7. The fourth-order valence-electron chi connectivity index (χ4n) is 2.94. The van der Waals surface area contributed by atoms with Gasteiger partial charge in [0, 0.05) is 17.8 Å². The predicted octanol–water partition coefficient (Wildman–Crippen LogP) is 4.37. The molecule has 0 aliphatic rings. The topological polar surface area (TPSA) is 84.2 Å². The number of hydrogen-bond acceptors (Lipinski definition) is 3. The number of anilines is 1. The van der Waals surface area contributed by atoms with Crippen molar-refractivity contribution in [1.82, 2.24) is 10.6 Å². The van der Waals surface area contributed by atoms with Crippen LogP contribution in [0.25, 0.3) is 6.08 Å². The number of halogens is 3. The maximum absolute atomic E-state index is 13.4. The quantitative estimate of drug-likeness (QED) is 0.394. The molecular formula is C24H20F3N3O2. The van der Waals surface area contributed by atoms with Crippen LogP contribution in [0.2, 0.25) is 0 Å². The van der Waals surface area contributed by atoms with Crippen LogP contribution in [0.5, 0.6) is 0 Å². The van der Waals surface area contributed by atoms with Gasteiger partial charge in [-0.3, -0.25) is 9.59 Å². The van der Waals surface area contributed by atoms with Crippen molar-refractivity contribution in [3.63, 3.8) is 0 Å². The highest BCUT2D eigenvalue weighted by Crippen LogP contribution is 2.32. The normalized spacial score (nSPS) is 11.7. The van der Waals surface area contributed by atoms with Gasteiger partial charge in [0.05, 0.1) is 5.56 Å². The first kappa shape index (κ1) is 22.6. The van der Waals surface area contributed by atoms with E-state index in [0.717, 1.165) is 12.1 Å². The van der Waals surface area contributed by atoms with Crippen molar-refractivity contribution >= 4 is 23.6 Å². The van der Waals surface area contributed by atoms with Crippen LogP contribution in [0.15, 0.2) is 84.6 Å². The average Bonchev–Trinajstić information content (AvgIpc) is 2.78. The Morgan fingerprint density at radius 3 is 2.19 bits per heavy atom. The van der Waals surface area contributed by atoms with E-state index in [0.29, 0.717) is 11.3 Å². The molecule has 5 nitrogen and oxygen atoms in total. The lowest BCUT2D eigenvalue weighted by atomic mass is 10.1. The van der Waals surface area contributed by atoms with Crippen LogP contribution in [0.1, 0.15) is 27.0 Å². The van der Waals surface area contributed by atoms with E-state index in [4.69, 9.17) is 5.73 Å². The van der Waals surface area contributed by atoms with E-state index in [9.17, 15) is 22.8 Å². The van der Waals surface area contributed by atoms with E-state index in [1.807, 2.05) is 0 Å². The van der Waals surface area contributed by atoms with Gasteiger partial charge in [0.2, 0.25) is 0 Å². The van der Waals surface area contributed by atoms with E-state index in [1.165, 1.54) is 30.3 Å². The minimum absolute atomic E-state index is 0.0327. The molecule has 0 radical (unpaired) electrons. The van der Waals surface area contributed by atoms with Gasteiger partial charge in [-0.15, -0.1) is 0 Å². The number of para-hydroxylation sites is 1. The van der Waals surface area contributed by atoms with Crippen LogP contribution >= 0.6 is 0 Å². The number of carbonyl (C=O) groups excluding carboxylic acids is 2. The fourth-order valence-corrected chi connectivity index (χ4v) is 2.94. The summed E-state index contributed by atoms with van der Waals surface area (Å²) in [6.45, 7) is 0.0327. The first-order valence-corrected chi connectivity index (χ1v) is 9.61. The van der Waals surface area contributed by atoms with Crippen LogP contribution < -0.4 is 16.4 Å². The van der Waals surface area contributed by atoms with Crippen molar-refractivity contribution in [2.24, 2.45) is 0 Å². The third-order valence-electron chi connectivity index (χ3n) is 4.59. The predicted molar refractivity (Wildman–Crippen MR) is 116 cm³/mol. The molecule has 0 spiro atoms. The molecule has 0 unspecified atom stereocenters. The van der Waals surface area contributed by atoms with Crippen LogP contribution in [-0.2, 0) is 17.5 Å². The number of benzene rings is 3. The van der Waals surface area contributed by atoms with E-state index in [-0.39, 0.29) is 23.4 Å². The summed E-state index contributed by atoms with van der Waals surface area (Å²) in [6.07, 6.45) is -3.62. The number of nitrogens with two attached hydrogens (primary N) is 1. The van der Waals surface area contributed by atoms with Gasteiger partial charge in [-0.05, 0) is 41.5 Å². The molecule has 8 heteroatoms. The van der Waals surface area contributed by atoms with Gasteiger partial charge in [0.15, 0.2) is 0 Å².